The van der Waals surface area contributed by atoms with Crippen molar-refractivity contribution in [2.75, 3.05) is 0 Å². The van der Waals surface area contributed by atoms with Crippen LogP contribution in [0.25, 0.3) is 0 Å². The molecular formula is C21H24ClN3O2. The standard InChI is InChI=1S/C21H24ClN3O2/c1-20(2)9-13-16(14(26)10-20)15(11-5-7-12(22)8-6-11)17-18(23-13)24-21(3,4)25-19(17)27/h5-8,15,23-24H,9-10H2,1-4H3,(H,25,27). The van der Waals surface area contributed by atoms with Gasteiger partial charge in [-0.25, -0.2) is 0 Å². The number of ketones is 1. The minimum absolute atomic E-state index is 0.0953. The first-order chi connectivity index (χ1) is 12.6. The lowest BCUT2D eigenvalue weighted by atomic mass is 9.68. The van der Waals surface area contributed by atoms with E-state index in [1.54, 1.807) is 12.1 Å². The number of allylic oxidation sites excluding steroid dienone is 2. The van der Waals surface area contributed by atoms with Crippen LogP contribution in [0.5, 0.6) is 0 Å². The van der Waals surface area contributed by atoms with Gasteiger partial charge in [-0.3, -0.25) is 9.59 Å². The first-order valence-corrected chi connectivity index (χ1v) is 9.58. The van der Waals surface area contributed by atoms with Gasteiger partial charge in [-0.2, -0.15) is 0 Å². The number of dihydropyridines is 1. The van der Waals surface area contributed by atoms with E-state index < -0.39 is 11.6 Å². The third-order valence-corrected chi connectivity index (χ3v) is 5.61. The van der Waals surface area contributed by atoms with E-state index in [4.69, 9.17) is 11.6 Å². The molecule has 142 valence electrons. The molecule has 1 aromatic carbocycles. The van der Waals surface area contributed by atoms with Crippen LogP contribution < -0.4 is 16.0 Å². The van der Waals surface area contributed by atoms with Crippen molar-refractivity contribution in [2.45, 2.75) is 52.1 Å². The number of benzene rings is 1. The van der Waals surface area contributed by atoms with Crippen LogP contribution in [0.2, 0.25) is 5.02 Å². The Hall–Kier alpha value is -2.27. The van der Waals surface area contributed by atoms with Crippen LogP contribution in [0.15, 0.2) is 46.9 Å². The van der Waals surface area contributed by atoms with E-state index in [2.05, 4.69) is 29.8 Å². The summed E-state index contributed by atoms with van der Waals surface area (Å²) in [7, 11) is 0. The molecule has 4 rings (SSSR count). The Morgan fingerprint density at radius 1 is 0.963 bits per heavy atom. The summed E-state index contributed by atoms with van der Waals surface area (Å²) in [4.78, 5) is 26.1. The Morgan fingerprint density at radius 3 is 2.30 bits per heavy atom. The highest BCUT2D eigenvalue weighted by Gasteiger charge is 2.46. The molecule has 5 nitrogen and oxygen atoms in total. The largest absolute Gasteiger partial charge is 0.349 e. The molecule has 2 heterocycles. The van der Waals surface area contributed by atoms with Gasteiger partial charge >= 0.3 is 0 Å². The molecule has 2 aliphatic heterocycles. The molecule has 0 radical (unpaired) electrons. The predicted molar refractivity (Wildman–Crippen MR) is 105 cm³/mol. The maximum Gasteiger partial charge on any atom is 0.253 e. The van der Waals surface area contributed by atoms with Crippen molar-refractivity contribution < 1.29 is 9.59 Å². The van der Waals surface area contributed by atoms with Crippen molar-refractivity contribution >= 4 is 23.3 Å². The first kappa shape index (κ1) is 18.1. The monoisotopic (exact) mass is 385 g/mol. The van der Waals surface area contributed by atoms with Crippen molar-refractivity contribution in [2.24, 2.45) is 5.41 Å². The van der Waals surface area contributed by atoms with Gasteiger partial charge < -0.3 is 16.0 Å². The van der Waals surface area contributed by atoms with E-state index >= 15 is 0 Å². The predicted octanol–water partition coefficient (Wildman–Crippen LogP) is 3.34. The molecule has 1 aliphatic carbocycles. The second-order valence-corrected chi connectivity index (χ2v) is 9.37. The van der Waals surface area contributed by atoms with E-state index in [0.29, 0.717) is 28.4 Å². The summed E-state index contributed by atoms with van der Waals surface area (Å²) >= 11 is 6.06. The lowest BCUT2D eigenvalue weighted by Gasteiger charge is -2.45. The number of amides is 1. The molecule has 1 atom stereocenters. The van der Waals surface area contributed by atoms with Crippen molar-refractivity contribution in [3.05, 3.63) is 57.5 Å². The second-order valence-electron chi connectivity index (χ2n) is 8.94. The van der Waals surface area contributed by atoms with Crippen molar-refractivity contribution in [3.63, 3.8) is 0 Å². The molecule has 1 unspecified atom stereocenters. The van der Waals surface area contributed by atoms with Gasteiger partial charge in [0.2, 0.25) is 0 Å². The van der Waals surface area contributed by atoms with E-state index in [1.807, 2.05) is 26.0 Å². The lowest BCUT2D eigenvalue weighted by molar-refractivity contribution is -0.120. The van der Waals surface area contributed by atoms with E-state index in [9.17, 15) is 9.59 Å². The molecule has 0 spiro atoms. The van der Waals surface area contributed by atoms with Crippen LogP contribution in [-0.2, 0) is 9.59 Å². The van der Waals surface area contributed by atoms with E-state index in [1.165, 1.54) is 0 Å². The molecular weight excluding hydrogens is 362 g/mol. The van der Waals surface area contributed by atoms with Gasteiger partial charge in [-0.15, -0.1) is 0 Å². The fraction of sp³-hybridized carbons (Fsp3) is 0.429. The Morgan fingerprint density at radius 2 is 1.63 bits per heavy atom. The molecule has 3 aliphatic rings. The second kappa shape index (κ2) is 5.86. The number of carbonyl (C=O) groups excluding carboxylic acids is 2. The normalized spacial score (nSPS) is 25.9. The third-order valence-electron chi connectivity index (χ3n) is 5.35. The number of nitrogens with one attached hydrogen (secondary N) is 3. The average molecular weight is 386 g/mol. The van der Waals surface area contributed by atoms with E-state index in [0.717, 1.165) is 17.7 Å². The number of carbonyl (C=O) groups is 2. The highest BCUT2D eigenvalue weighted by molar-refractivity contribution is 6.30. The number of hydrogen-bond acceptors (Lipinski definition) is 4. The summed E-state index contributed by atoms with van der Waals surface area (Å²) in [6.45, 7) is 8.02. The van der Waals surface area contributed by atoms with Crippen LogP contribution in [0.3, 0.4) is 0 Å². The first-order valence-electron chi connectivity index (χ1n) is 9.20. The van der Waals surface area contributed by atoms with Crippen molar-refractivity contribution in [1.82, 2.24) is 16.0 Å². The fourth-order valence-corrected chi connectivity index (χ4v) is 4.44. The molecule has 3 N–H and O–H groups in total. The fourth-order valence-electron chi connectivity index (χ4n) is 4.31. The molecule has 0 saturated carbocycles. The molecule has 0 bridgehead atoms. The molecule has 6 heteroatoms. The maximum absolute atomic E-state index is 13.1. The van der Waals surface area contributed by atoms with Crippen molar-refractivity contribution in [1.29, 1.82) is 0 Å². The van der Waals surface area contributed by atoms with Gasteiger partial charge in [-0.05, 0) is 43.4 Å². The highest BCUT2D eigenvalue weighted by atomic mass is 35.5. The number of hydrogen-bond donors (Lipinski definition) is 3. The van der Waals surface area contributed by atoms with Crippen LogP contribution >= 0.6 is 11.6 Å². The summed E-state index contributed by atoms with van der Waals surface area (Å²) in [5.41, 5.74) is 2.38. The quantitative estimate of drug-likeness (QED) is 0.693. The average Bonchev–Trinajstić information content (AvgIpc) is 2.51. The molecule has 1 amide bonds. The van der Waals surface area contributed by atoms with Crippen LogP contribution in [0, 0.1) is 5.41 Å². The lowest BCUT2D eigenvalue weighted by Crippen LogP contribution is -2.62. The minimum Gasteiger partial charge on any atom is -0.349 e. The zero-order valence-electron chi connectivity index (χ0n) is 16.0. The number of Topliss-reactive ketones (excluding diaryl/α,β-unsaturated/α-hetero) is 1. The summed E-state index contributed by atoms with van der Waals surface area (Å²) in [6, 6.07) is 7.39. The SMILES string of the molecule is CC1(C)CC(=O)C2=C(C1)NC1=C(C(=O)NC(C)(C)N1)C2c1ccc(Cl)cc1. The summed E-state index contributed by atoms with van der Waals surface area (Å²) in [5.74, 6) is 0.219. The minimum atomic E-state index is -0.570. The zero-order chi connectivity index (χ0) is 19.6. The zero-order valence-corrected chi connectivity index (χ0v) is 16.8. The Kier molecular flexibility index (Phi) is 3.93. The topological polar surface area (TPSA) is 70.2 Å². The molecule has 1 aromatic rings. The Bertz CT molecular complexity index is 858. The van der Waals surface area contributed by atoms with Gasteiger partial charge in [-0.1, -0.05) is 37.6 Å². The maximum atomic E-state index is 13.1. The summed E-state index contributed by atoms with van der Waals surface area (Å²) in [6.07, 6.45) is 1.24. The Balaban J connectivity index is 1.90. The molecule has 27 heavy (non-hydrogen) atoms. The Labute approximate surface area is 164 Å². The van der Waals surface area contributed by atoms with Gasteiger partial charge in [0.05, 0.1) is 5.57 Å². The van der Waals surface area contributed by atoms with Crippen LogP contribution in [-0.4, -0.2) is 17.4 Å². The molecule has 0 aromatic heterocycles. The summed E-state index contributed by atoms with van der Waals surface area (Å²) in [5, 5.41) is 10.4. The smallest absolute Gasteiger partial charge is 0.253 e. The van der Waals surface area contributed by atoms with Crippen molar-refractivity contribution in [3.8, 4) is 0 Å². The molecule has 0 fully saturated rings. The molecule has 0 saturated heterocycles. The van der Waals surface area contributed by atoms with Gasteiger partial charge in [0.25, 0.3) is 5.91 Å². The van der Waals surface area contributed by atoms with Crippen LogP contribution in [0.1, 0.15) is 52.0 Å². The number of rotatable bonds is 1. The third kappa shape index (κ3) is 3.14. The van der Waals surface area contributed by atoms with Gasteiger partial charge in [0.15, 0.2) is 5.78 Å². The highest BCUT2D eigenvalue weighted by Crippen LogP contribution is 2.47. The van der Waals surface area contributed by atoms with Gasteiger partial charge in [0.1, 0.15) is 11.5 Å². The van der Waals surface area contributed by atoms with Gasteiger partial charge in [0, 0.05) is 28.6 Å². The summed E-state index contributed by atoms with van der Waals surface area (Å²) < 4.78 is 0. The van der Waals surface area contributed by atoms with Crippen LogP contribution in [0.4, 0.5) is 0 Å². The number of halogens is 1. The van der Waals surface area contributed by atoms with E-state index in [-0.39, 0.29) is 17.1 Å².